The van der Waals surface area contributed by atoms with Crippen LogP contribution in [0.3, 0.4) is 0 Å². The molecule has 0 spiro atoms. The molecule has 2 rings (SSSR count). The zero-order chi connectivity index (χ0) is 12.4. The van der Waals surface area contributed by atoms with Crippen molar-refractivity contribution in [2.45, 2.75) is 18.6 Å². The van der Waals surface area contributed by atoms with Crippen molar-refractivity contribution in [2.24, 2.45) is 0 Å². The number of rotatable bonds is 4. The summed E-state index contributed by atoms with van der Waals surface area (Å²) >= 11 is 0. The van der Waals surface area contributed by atoms with Gasteiger partial charge < -0.3 is 15.3 Å². The zero-order valence-electron chi connectivity index (χ0n) is 8.87. The number of H-pyrrole nitrogens is 1. The third-order valence-corrected chi connectivity index (χ3v) is 2.59. The summed E-state index contributed by atoms with van der Waals surface area (Å²) in [7, 11) is 0. The Labute approximate surface area is 96.5 Å². The molecule has 6 heteroatoms. The Morgan fingerprint density at radius 3 is 2.88 bits per heavy atom. The summed E-state index contributed by atoms with van der Waals surface area (Å²) in [5.74, 6) is -1.16. The lowest BCUT2D eigenvalue weighted by Gasteiger charge is -2.17. The van der Waals surface area contributed by atoms with Gasteiger partial charge in [-0.1, -0.05) is 12.1 Å². The topological polar surface area (TPSA) is 106 Å². The molecule has 0 radical (unpaired) electrons. The molecule has 0 aliphatic rings. The molecule has 17 heavy (non-hydrogen) atoms. The fourth-order valence-corrected chi connectivity index (χ4v) is 1.75. The van der Waals surface area contributed by atoms with Crippen molar-refractivity contribution in [1.29, 1.82) is 0 Å². The van der Waals surface area contributed by atoms with E-state index in [9.17, 15) is 15.0 Å². The molecule has 0 aliphatic carbocycles. The highest BCUT2D eigenvalue weighted by Gasteiger charge is 2.22. The summed E-state index contributed by atoms with van der Waals surface area (Å²) in [5.41, 5.74) is 1.19. The molecule has 0 aliphatic heterocycles. The largest absolute Gasteiger partial charge is 0.481 e. The van der Waals surface area contributed by atoms with E-state index in [-0.39, 0.29) is 0 Å². The van der Waals surface area contributed by atoms with E-state index >= 15 is 0 Å². The molecule has 1 aromatic carbocycles. The van der Waals surface area contributed by atoms with E-state index in [1.165, 1.54) is 6.20 Å². The second-order valence-electron chi connectivity index (χ2n) is 3.79. The summed E-state index contributed by atoms with van der Waals surface area (Å²) in [5, 5.41) is 35.3. The van der Waals surface area contributed by atoms with Crippen molar-refractivity contribution < 1.29 is 20.1 Å². The number of aliphatic hydroxyl groups excluding tert-OH is 2. The predicted molar refractivity (Wildman–Crippen MR) is 59.3 cm³/mol. The van der Waals surface area contributed by atoms with Crippen LogP contribution in [0.1, 0.15) is 18.1 Å². The third-order valence-electron chi connectivity index (χ3n) is 2.59. The zero-order valence-corrected chi connectivity index (χ0v) is 8.87. The second-order valence-corrected chi connectivity index (χ2v) is 3.79. The Hall–Kier alpha value is -1.92. The van der Waals surface area contributed by atoms with E-state index in [1.54, 1.807) is 18.2 Å². The van der Waals surface area contributed by atoms with E-state index in [0.717, 1.165) is 5.52 Å². The van der Waals surface area contributed by atoms with Crippen LogP contribution in [0.5, 0.6) is 0 Å². The SMILES string of the molecule is O=C(O)CC(O)C(O)c1cccc2[nH]ncc12. The molecule has 2 atom stereocenters. The Morgan fingerprint density at radius 2 is 2.18 bits per heavy atom. The molecule has 1 heterocycles. The van der Waals surface area contributed by atoms with Gasteiger partial charge in [0.2, 0.25) is 0 Å². The summed E-state index contributed by atoms with van der Waals surface area (Å²) in [6, 6.07) is 5.11. The number of benzene rings is 1. The van der Waals surface area contributed by atoms with Crippen molar-refractivity contribution in [2.75, 3.05) is 0 Å². The average molecular weight is 236 g/mol. The molecule has 0 bridgehead atoms. The summed E-state index contributed by atoms with van der Waals surface area (Å²) < 4.78 is 0. The van der Waals surface area contributed by atoms with Crippen LogP contribution >= 0.6 is 0 Å². The predicted octanol–water partition coefficient (Wildman–Crippen LogP) is 0.432. The molecule has 0 saturated heterocycles. The van der Waals surface area contributed by atoms with Gasteiger partial charge in [-0.25, -0.2) is 0 Å². The van der Waals surface area contributed by atoms with Crippen LogP contribution in [-0.4, -0.2) is 37.6 Å². The molecule has 90 valence electrons. The molecular weight excluding hydrogens is 224 g/mol. The molecule has 0 amide bonds. The number of aromatic nitrogens is 2. The monoisotopic (exact) mass is 236 g/mol. The Morgan fingerprint density at radius 1 is 1.41 bits per heavy atom. The molecule has 2 aromatic rings. The highest BCUT2D eigenvalue weighted by molar-refractivity contribution is 5.82. The molecule has 4 N–H and O–H groups in total. The number of fused-ring (bicyclic) bond motifs is 1. The normalized spacial score (nSPS) is 14.7. The van der Waals surface area contributed by atoms with Crippen LogP contribution in [0.15, 0.2) is 24.4 Å². The standard InChI is InChI=1S/C11H12N2O4/c14-9(4-10(15)16)11(17)6-2-1-3-8-7(6)5-12-13-8/h1-3,5,9,11,14,17H,4H2,(H,12,13)(H,15,16). The van der Waals surface area contributed by atoms with E-state index in [0.29, 0.717) is 10.9 Å². The number of aromatic amines is 1. The van der Waals surface area contributed by atoms with Gasteiger partial charge in [0.25, 0.3) is 0 Å². The maximum Gasteiger partial charge on any atom is 0.306 e. The van der Waals surface area contributed by atoms with Crippen LogP contribution in [0.25, 0.3) is 10.9 Å². The van der Waals surface area contributed by atoms with Gasteiger partial charge >= 0.3 is 5.97 Å². The van der Waals surface area contributed by atoms with Gasteiger partial charge in [0.15, 0.2) is 0 Å². The quantitative estimate of drug-likeness (QED) is 0.616. The number of aliphatic hydroxyl groups is 2. The molecule has 2 unspecified atom stereocenters. The van der Waals surface area contributed by atoms with Gasteiger partial charge in [-0.05, 0) is 11.6 Å². The van der Waals surface area contributed by atoms with Crippen molar-refractivity contribution in [3.8, 4) is 0 Å². The fraction of sp³-hybridized carbons (Fsp3) is 0.273. The highest BCUT2D eigenvalue weighted by Crippen LogP contribution is 2.26. The van der Waals surface area contributed by atoms with Crippen molar-refractivity contribution in [3.63, 3.8) is 0 Å². The summed E-state index contributed by atoms with van der Waals surface area (Å²) in [6.45, 7) is 0. The van der Waals surface area contributed by atoms with Crippen LogP contribution in [0.2, 0.25) is 0 Å². The summed E-state index contributed by atoms with van der Waals surface area (Å²) in [4.78, 5) is 10.5. The van der Waals surface area contributed by atoms with E-state index < -0.39 is 24.6 Å². The summed E-state index contributed by atoms with van der Waals surface area (Å²) in [6.07, 6.45) is -1.56. The smallest absolute Gasteiger partial charge is 0.306 e. The number of hydrogen-bond donors (Lipinski definition) is 4. The van der Waals surface area contributed by atoms with Gasteiger partial charge in [0.05, 0.1) is 24.2 Å². The van der Waals surface area contributed by atoms with Crippen LogP contribution in [0, 0.1) is 0 Å². The first-order valence-corrected chi connectivity index (χ1v) is 5.09. The number of nitrogens with zero attached hydrogens (tertiary/aromatic N) is 1. The second kappa shape index (κ2) is 4.52. The molecule has 0 fully saturated rings. The molecule has 6 nitrogen and oxygen atoms in total. The molecular formula is C11H12N2O4. The maximum atomic E-state index is 10.5. The Bertz CT molecular complexity index is 537. The number of carbonyl (C=O) groups is 1. The van der Waals surface area contributed by atoms with Gasteiger partial charge in [-0.2, -0.15) is 5.10 Å². The lowest BCUT2D eigenvalue weighted by atomic mass is 9.99. The number of carboxylic acid groups (broad SMARTS) is 1. The van der Waals surface area contributed by atoms with Crippen LogP contribution in [0.4, 0.5) is 0 Å². The highest BCUT2D eigenvalue weighted by atomic mass is 16.4. The van der Waals surface area contributed by atoms with Gasteiger partial charge in [-0.3, -0.25) is 9.89 Å². The fourth-order valence-electron chi connectivity index (χ4n) is 1.75. The van der Waals surface area contributed by atoms with Gasteiger partial charge in [-0.15, -0.1) is 0 Å². The maximum absolute atomic E-state index is 10.5. The van der Waals surface area contributed by atoms with E-state index in [2.05, 4.69) is 10.2 Å². The average Bonchev–Trinajstić information content (AvgIpc) is 2.74. The minimum absolute atomic E-state index is 0.463. The minimum Gasteiger partial charge on any atom is -0.481 e. The Kier molecular flexibility index (Phi) is 3.08. The van der Waals surface area contributed by atoms with Crippen LogP contribution in [-0.2, 0) is 4.79 Å². The number of aliphatic carboxylic acids is 1. The van der Waals surface area contributed by atoms with Crippen molar-refractivity contribution in [1.82, 2.24) is 10.2 Å². The van der Waals surface area contributed by atoms with E-state index in [4.69, 9.17) is 5.11 Å². The lowest BCUT2D eigenvalue weighted by Crippen LogP contribution is -2.21. The van der Waals surface area contributed by atoms with E-state index in [1.807, 2.05) is 0 Å². The number of nitrogens with one attached hydrogen (secondary N) is 1. The molecule has 0 saturated carbocycles. The third kappa shape index (κ3) is 2.27. The minimum atomic E-state index is -1.34. The van der Waals surface area contributed by atoms with Crippen molar-refractivity contribution >= 4 is 16.9 Å². The first-order chi connectivity index (χ1) is 8.09. The van der Waals surface area contributed by atoms with Crippen molar-refractivity contribution in [3.05, 3.63) is 30.0 Å². The number of carboxylic acids is 1. The van der Waals surface area contributed by atoms with Gasteiger partial charge in [0.1, 0.15) is 6.10 Å². The lowest BCUT2D eigenvalue weighted by molar-refractivity contribution is -0.141. The van der Waals surface area contributed by atoms with Gasteiger partial charge in [0, 0.05) is 5.39 Å². The Balaban J connectivity index is 2.32. The first-order valence-electron chi connectivity index (χ1n) is 5.09. The number of hydrogen-bond acceptors (Lipinski definition) is 4. The molecule has 1 aromatic heterocycles. The first kappa shape index (κ1) is 11.6. The van der Waals surface area contributed by atoms with Crippen LogP contribution < -0.4 is 0 Å².